The number of hydrogen-bond donors (Lipinski definition) is 0. The van der Waals surface area contributed by atoms with Gasteiger partial charge >= 0.3 is 0 Å². The second-order valence-electron chi connectivity index (χ2n) is 8.96. The van der Waals surface area contributed by atoms with Crippen molar-refractivity contribution in [2.24, 2.45) is 11.8 Å². The first-order valence-corrected chi connectivity index (χ1v) is 13.1. The van der Waals surface area contributed by atoms with E-state index in [0.717, 1.165) is 31.7 Å². The van der Waals surface area contributed by atoms with E-state index in [0.29, 0.717) is 44.0 Å². The molecule has 0 N–H and O–H groups in total. The van der Waals surface area contributed by atoms with Gasteiger partial charge < -0.3 is 9.64 Å². The van der Waals surface area contributed by atoms with Crippen molar-refractivity contribution in [3.8, 4) is 5.75 Å². The molecule has 0 bridgehead atoms. The molecule has 3 aromatic rings. The van der Waals surface area contributed by atoms with Crippen molar-refractivity contribution in [3.63, 3.8) is 0 Å². The summed E-state index contributed by atoms with van der Waals surface area (Å²) in [6.07, 6.45) is 2.93. The van der Waals surface area contributed by atoms with Crippen LogP contribution in [-0.4, -0.2) is 66.6 Å². The Labute approximate surface area is 198 Å². The third kappa shape index (κ3) is 4.65. The van der Waals surface area contributed by atoms with Gasteiger partial charge in [-0.15, -0.1) is 0 Å². The second kappa shape index (κ2) is 9.71. The van der Waals surface area contributed by atoms with Gasteiger partial charge in [0, 0.05) is 32.1 Å². The molecule has 0 radical (unpaired) electrons. The van der Waals surface area contributed by atoms with Crippen LogP contribution in [0.4, 0.5) is 0 Å². The SMILES string of the molecule is O=C(C1CCN(S(=O)(=O)c2cccc3nonc23)CC1)N1CCC(CCOc2ccccc2)C1. The number of aromatic nitrogens is 2. The topological polar surface area (TPSA) is 106 Å². The number of fused-ring (bicyclic) bond motifs is 1. The van der Waals surface area contributed by atoms with Crippen LogP contribution in [-0.2, 0) is 14.8 Å². The molecule has 180 valence electrons. The van der Waals surface area contributed by atoms with Crippen molar-refractivity contribution in [2.45, 2.75) is 30.6 Å². The molecular formula is C24H28N4O5S. The van der Waals surface area contributed by atoms with E-state index >= 15 is 0 Å². The Hall–Kier alpha value is -2.98. The Morgan fingerprint density at radius 1 is 1.00 bits per heavy atom. The number of para-hydroxylation sites is 1. The van der Waals surface area contributed by atoms with E-state index in [1.54, 1.807) is 12.1 Å². The standard InChI is InChI=1S/C24H28N4O5S/c29-24(27-13-9-18(17-27)12-16-32-20-5-2-1-3-6-20)19-10-14-28(15-11-19)34(30,31)22-8-4-7-21-23(22)26-33-25-21/h1-8,18-19H,9-17H2. The number of rotatable bonds is 7. The first-order valence-electron chi connectivity index (χ1n) is 11.7. The van der Waals surface area contributed by atoms with Crippen LogP contribution in [0.5, 0.6) is 5.75 Å². The van der Waals surface area contributed by atoms with Crippen molar-refractivity contribution < 1.29 is 22.6 Å². The van der Waals surface area contributed by atoms with Crippen LogP contribution < -0.4 is 4.74 Å². The molecule has 1 amide bonds. The highest BCUT2D eigenvalue weighted by Crippen LogP contribution is 2.30. The average Bonchev–Trinajstić information content (AvgIpc) is 3.54. The average molecular weight is 485 g/mol. The maximum absolute atomic E-state index is 13.2. The summed E-state index contributed by atoms with van der Waals surface area (Å²) in [6.45, 7) is 2.76. The van der Waals surface area contributed by atoms with Crippen molar-refractivity contribution in [1.29, 1.82) is 0 Å². The number of carbonyl (C=O) groups is 1. The van der Waals surface area contributed by atoms with Crippen LogP contribution in [0.15, 0.2) is 58.1 Å². The lowest BCUT2D eigenvalue weighted by Crippen LogP contribution is -2.44. The maximum Gasteiger partial charge on any atom is 0.245 e. The molecule has 2 aliphatic heterocycles. The molecule has 1 aromatic heterocycles. The Morgan fingerprint density at radius 3 is 2.59 bits per heavy atom. The van der Waals surface area contributed by atoms with Crippen molar-refractivity contribution >= 4 is 27.0 Å². The highest BCUT2D eigenvalue weighted by atomic mass is 32.2. The quantitative estimate of drug-likeness (QED) is 0.508. The van der Waals surface area contributed by atoms with Gasteiger partial charge in [0.2, 0.25) is 15.9 Å². The number of carbonyl (C=O) groups excluding carboxylic acids is 1. The van der Waals surface area contributed by atoms with Crippen LogP contribution >= 0.6 is 0 Å². The molecular weight excluding hydrogens is 456 g/mol. The lowest BCUT2D eigenvalue weighted by molar-refractivity contribution is -0.135. The number of benzene rings is 2. The summed E-state index contributed by atoms with van der Waals surface area (Å²) in [5.41, 5.74) is 0.643. The van der Waals surface area contributed by atoms with Gasteiger partial charge in [0.25, 0.3) is 0 Å². The second-order valence-corrected chi connectivity index (χ2v) is 10.9. The smallest absolute Gasteiger partial charge is 0.245 e. The van der Waals surface area contributed by atoms with Crippen LogP contribution in [0.2, 0.25) is 0 Å². The number of ether oxygens (including phenoxy) is 1. The molecule has 34 heavy (non-hydrogen) atoms. The third-order valence-corrected chi connectivity index (χ3v) is 8.74. The Bertz CT molecular complexity index is 1240. The Kier molecular flexibility index (Phi) is 6.51. The molecule has 2 saturated heterocycles. The van der Waals surface area contributed by atoms with Crippen molar-refractivity contribution in [2.75, 3.05) is 32.8 Å². The summed E-state index contributed by atoms with van der Waals surface area (Å²) in [7, 11) is -3.74. The fraction of sp³-hybridized carbons (Fsp3) is 0.458. The van der Waals surface area contributed by atoms with Gasteiger partial charge in [-0.25, -0.2) is 13.0 Å². The van der Waals surface area contributed by atoms with Crippen LogP contribution in [0.25, 0.3) is 11.0 Å². The van der Waals surface area contributed by atoms with Gasteiger partial charge in [-0.2, -0.15) is 4.31 Å². The molecule has 5 rings (SSSR count). The first kappa shape index (κ1) is 22.8. The van der Waals surface area contributed by atoms with Gasteiger partial charge in [0.15, 0.2) is 5.52 Å². The zero-order valence-corrected chi connectivity index (χ0v) is 19.7. The third-order valence-electron chi connectivity index (χ3n) is 6.81. The van der Waals surface area contributed by atoms with E-state index in [9.17, 15) is 13.2 Å². The predicted molar refractivity (Wildman–Crippen MR) is 125 cm³/mol. The van der Waals surface area contributed by atoms with E-state index in [1.165, 1.54) is 10.4 Å². The van der Waals surface area contributed by atoms with Crippen LogP contribution in [0.3, 0.4) is 0 Å². The molecule has 3 heterocycles. The summed E-state index contributed by atoms with van der Waals surface area (Å²) >= 11 is 0. The van der Waals surface area contributed by atoms with E-state index in [4.69, 9.17) is 9.37 Å². The summed E-state index contributed by atoms with van der Waals surface area (Å²) in [4.78, 5) is 15.1. The van der Waals surface area contributed by atoms with E-state index in [2.05, 4.69) is 10.3 Å². The zero-order valence-electron chi connectivity index (χ0n) is 18.9. The molecule has 2 fully saturated rings. The minimum Gasteiger partial charge on any atom is -0.494 e. The Morgan fingerprint density at radius 2 is 1.79 bits per heavy atom. The zero-order chi connectivity index (χ0) is 23.5. The Balaban J connectivity index is 1.12. The van der Waals surface area contributed by atoms with E-state index in [-0.39, 0.29) is 22.2 Å². The number of hydrogen-bond acceptors (Lipinski definition) is 7. The fourth-order valence-electron chi connectivity index (χ4n) is 4.86. The molecule has 2 aliphatic rings. The van der Waals surface area contributed by atoms with E-state index in [1.807, 2.05) is 35.2 Å². The van der Waals surface area contributed by atoms with Gasteiger partial charge in [0.05, 0.1) is 6.61 Å². The summed E-state index contributed by atoms with van der Waals surface area (Å²) in [5, 5.41) is 7.49. The van der Waals surface area contributed by atoms with Crippen molar-refractivity contribution in [3.05, 3.63) is 48.5 Å². The van der Waals surface area contributed by atoms with Crippen molar-refractivity contribution in [1.82, 2.24) is 19.5 Å². The van der Waals surface area contributed by atoms with Gasteiger partial charge in [0.1, 0.15) is 16.2 Å². The largest absolute Gasteiger partial charge is 0.494 e. The van der Waals surface area contributed by atoms with Gasteiger partial charge in [-0.3, -0.25) is 4.79 Å². The fourth-order valence-corrected chi connectivity index (χ4v) is 6.46. The maximum atomic E-state index is 13.2. The lowest BCUT2D eigenvalue weighted by Gasteiger charge is -2.32. The monoisotopic (exact) mass is 484 g/mol. The van der Waals surface area contributed by atoms with E-state index < -0.39 is 10.0 Å². The molecule has 0 aliphatic carbocycles. The molecule has 0 saturated carbocycles. The number of likely N-dealkylation sites (tertiary alicyclic amines) is 1. The predicted octanol–water partition coefficient (Wildman–Crippen LogP) is 2.94. The van der Waals surface area contributed by atoms with Crippen LogP contribution in [0.1, 0.15) is 25.7 Å². The lowest BCUT2D eigenvalue weighted by atomic mass is 9.96. The minimum absolute atomic E-state index is 0.0936. The molecule has 1 unspecified atom stereocenters. The molecule has 10 heteroatoms. The molecule has 1 atom stereocenters. The summed E-state index contributed by atoms with van der Waals surface area (Å²) in [6, 6.07) is 14.6. The summed E-state index contributed by atoms with van der Waals surface area (Å²) < 4.78 is 38.3. The first-order chi connectivity index (χ1) is 16.5. The van der Waals surface area contributed by atoms with Gasteiger partial charge in [-0.05, 0) is 66.2 Å². The molecule has 0 spiro atoms. The number of sulfonamides is 1. The minimum atomic E-state index is -3.74. The van der Waals surface area contributed by atoms with Crippen LogP contribution in [0, 0.1) is 11.8 Å². The number of nitrogens with zero attached hydrogens (tertiary/aromatic N) is 4. The highest BCUT2D eigenvalue weighted by Gasteiger charge is 2.36. The molecule has 9 nitrogen and oxygen atoms in total. The number of piperidine rings is 1. The van der Waals surface area contributed by atoms with Gasteiger partial charge in [-0.1, -0.05) is 24.3 Å². The normalized spacial score (nSPS) is 20.1. The summed E-state index contributed by atoms with van der Waals surface area (Å²) in [5.74, 6) is 1.30. The highest BCUT2D eigenvalue weighted by molar-refractivity contribution is 7.89. The molecule has 2 aromatic carbocycles. The number of amides is 1.